The molecule has 0 spiro atoms. The largest absolute Gasteiger partial charge is 0.361 e. The van der Waals surface area contributed by atoms with Gasteiger partial charge in [-0.15, -0.1) is 0 Å². The molecular formula is C22H26N4O. The van der Waals surface area contributed by atoms with E-state index in [-0.39, 0.29) is 5.91 Å². The lowest BCUT2D eigenvalue weighted by molar-refractivity contribution is 0.0822. The molecule has 5 nitrogen and oxygen atoms in total. The molecule has 0 aliphatic carbocycles. The molecule has 3 heterocycles. The number of amides is 1. The van der Waals surface area contributed by atoms with E-state index < -0.39 is 0 Å². The Balaban J connectivity index is 1.68. The third kappa shape index (κ3) is 3.47. The average Bonchev–Trinajstić information content (AvgIpc) is 3.27. The van der Waals surface area contributed by atoms with Crippen LogP contribution in [0.15, 0.2) is 42.6 Å². The molecule has 1 aliphatic heterocycles. The van der Waals surface area contributed by atoms with E-state index in [9.17, 15) is 4.79 Å². The Hall–Kier alpha value is -2.66. The van der Waals surface area contributed by atoms with E-state index in [0.29, 0.717) is 11.7 Å². The zero-order chi connectivity index (χ0) is 19.0. The zero-order valence-electron chi connectivity index (χ0n) is 16.2. The second kappa shape index (κ2) is 7.16. The molecule has 4 rings (SSSR count). The van der Waals surface area contributed by atoms with Crippen molar-refractivity contribution in [2.45, 2.75) is 25.3 Å². The maximum Gasteiger partial charge on any atom is 0.271 e. The van der Waals surface area contributed by atoms with Crippen molar-refractivity contribution in [1.29, 1.82) is 0 Å². The Kier molecular flexibility index (Phi) is 4.70. The molecule has 0 saturated carbocycles. The van der Waals surface area contributed by atoms with Crippen LogP contribution in [0, 0.1) is 0 Å². The first-order valence-electron chi connectivity index (χ1n) is 9.52. The van der Waals surface area contributed by atoms with Crippen LogP contribution in [0.5, 0.6) is 0 Å². The number of likely N-dealkylation sites (N-methyl/N-ethyl adjacent to an activating group) is 1. The maximum absolute atomic E-state index is 12.2. The van der Waals surface area contributed by atoms with Gasteiger partial charge >= 0.3 is 0 Å². The van der Waals surface area contributed by atoms with Gasteiger partial charge in [0.25, 0.3) is 5.91 Å². The number of aromatic nitrogens is 2. The molecule has 1 aliphatic rings. The van der Waals surface area contributed by atoms with Gasteiger partial charge in [0.15, 0.2) is 0 Å². The van der Waals surface area contributed by atoms with Crippen LogP contribution in [0.3, 0.4) is 0 Å². The van der Waals surface area contributed by atoms with Crippen LogP contribution >= 0.6 is 0 Å². The van der Waals surface area contributed by atoms with Crippen molar-refractivity contribution in [1.82, 2.24) is 19.8 Å². The number of benzene rings is 1. The van der Waals surface area contributed by atoms with Gasteiger partial charge in [0.2, 0.25) is 0 Å². The predicted octanol–water partition coefficient (Wildman–Crippen LogP) is 3.57. The number of fused-ring (bicyclic) bond motifs is 1. The Bertz CT molecular complexity index is 975. The maximum atomic E-state index is 12.2. The van der Waals surface area contributed by atoms with Gasteiger partial charge in [-0.3, -0.25) is 4.79 Å². The van der Waals surface area contributed by atoms with Crippen molar-refractivity contribution in [3.05, 3.63) is 53.9 Å². The van der Waals surface area contributed by atoms with Gasteiger partial charge in [-0.2, -0.15) is 0 Å². The monoisotopic (exact) mass is 362 g/mol. The minimum absolute atomic E-state index is 0.0791. The highest BCUT2D eigenvalue weighted by Crippen LogP contribution is 2.28. The number of carbonyl (C=O) groups is 1. The molecule has 2 aromatic heterocycles. The Morgan fingerprint density at radius 1 is 1.30 bits per heavy atom. The second-order valence-electron chi connectivity index (χ2n) is 7.66. The quantitative estimate of drug-likeness (QED) is 0.772. The van der Waals surface area contributed by atoms with E-state index in [1.807, 2.05) is 12.1 Å². The fraction of sp³-hybridized carbons (Fsp3) is 0.364. The van der Waals surface area contributed by atoms with Crippen LogP contribution in [0.1, 0.15) is 28.9 Å². The van der Waals surface area contributed by atoms with E-state index in [1.54, 1.807) is 25.1 Å². The Morgan fingerprint density at radius 3 is 2.89 bits per heavy atom. The molecule has 1 aromatic carbocycles. The normalized spacial score (nSPS) is 17.5. The number of nitrogens with one attached hydrogen (secondary N) is 1. The average molecular weight is 362 g/mol. The third-order valence-corrected chi connectivity index (χ3v) is 5.56. The molecule has 1 atom stereocenters. The summed E-state index contributed by atoms with van der Waals surface area (Å²) in [4.78, 5) is 24.2. The van der Waals surface area contributed by atoms with Gasteiger partial charge < -0.3 is 14.8 Å². The van der Waals surface area contributed by atoms with E-state index in [2.05, 4.69) is 46.3 Å². The molecule has 27 heavy (non-hydrogen) atoms. The smallest absolute Gasteiger partial charge is 0.271 e. The number of hydrogen-bond acceptors (Lipinski definition) is 3. The van der Waals surface area contributed by atoms with Gasteiger partial charge in [-0.25, -0.2) is 4.98 Å². The van der Waals surface area contributed by atoms with Crippen molar-refractivity contribution in [3.63, 3.8) is 0 Å². The summed E-state index contributed by atoms with van der Waals surface area (Å²) < 4.78 is 0. The molecule has 0 unspecified atom stereocenters. The second-order valence-corrected chi connectivity index (χ2v) is 7.66. The van der Waals surface area contributed by atoms with E-state index in [4.69, 9.17) is 0 Å². The van der Waals surface area contributed by atoms with Crippen LogP contribution < -0.4 is 0 Å². The van der Waals surface area contributed by atoms with Crippen molar-refractivity contribution < 1.29 is 4.79 Å². The standard InChI is InChI=1S/C22H26N4O/c1-25(2)22(27)21-8-4-7-19(24-21)15-9-10-20-18(13-15)16(14-23-20)12-17-6-5-11-26(17)3/h4,7-10,13-14,17,23H,5-6,11-12H2,1-3H3/t17-/m1/s1. The topological polar surface area (TPSA) is 52.2 Å². The summed E-state index contributed by atoms with van der Waals surface area (Å²) in [5.41, 5.74) is 4.84. The van der Waals surface area contributed by atoms with Crippen molar-refractivity contribution in [3.8, 4) is 11.3 Å². The fourth-order valence-electron chi connectivity index (χ4n) is 3.94. The van der Waals surface area contributed by atoms with E-state index >= 15 is 0 Å². The van der Waals surface area contributed by atoms with Crippen LogP contribution in [-0.4, -0.2) is 59.4 Å². The summed E-state index contributed by atoms with van der Waals surface area (Å²) in [7, 11) is 5.71. The number of aromatic amines is 1. The Labute approximate surface area is 160 Å². The minimum Gasteiger partial charge on any atom is -0.361 e. The first-order chi connectivity index (χ1) is 13.0. The van der Waals surface area contributed by atoms with E-state index in [1.165, 1.54) is 30.3 Å². The summed E-state index contributed by atoms with van der Waals surface area (Å²) in [5, 5.41) is 1.25. The van der Waals surface area contributed by atoms with E-state index in [0.717, 1.165) is 23.2 Å². The number of carbonyl (C=O) groups excluding carboxylic acids is 1. The first-order valence-corrected chi connectivity index (χ1v) is 9.52. The molecule has 5 heteroatoms. The molecule has 0 radical (unpaired) electrons. The molecule has 1 saturated heterocycles. The summed E-state index contributed by atoms with van der Waals surface area (Å²) in [6.07, 6.45) is 5.75. The Morgan fingerprint density at radius 2 is 2.15 bits per heavy atom. The minimum atomic E-state index is -0.0791. The number of likely N-dealkylation sites (tertiary alicyclic amines) is 1. The summed E-state index contributed by atoms with van der Waals surface area (Å²) in [6, 6.07) is 12.6. The van der Waals surface area contributed by atoms with Gasteiger partial charge in [-0.05, 0) is 62.7 Å². The summed E-state index contributed by atoms with van der Waals surface area (Å²) in [6.45, 7) is 1.19. The molecule has 140 valence electrons. The fourth-order valence-corrected chi connectivity index (χ4v) is 3.94. The molecule has 1 N–H and O–H groups in total. The van der Waals surface area contributed by atoms with Crippen molar-refractivity contribution in [2.75, 3.05) is 27.7 Å². The van der Waals surface area contributed by atoms with Gasteiger partial charge in [0.05, 0.1) is 5.69 Å². The van der Waals surface area contributed by atoms with Gasteiger partial charge in [0, 0.05) is 42.8 Å². The lowest BCUT2D eigenvalue weighted by Crippen LogP contribution is -2.26. The first kappa shape index (κ1) is 17.7. The SMILES string of the molecule is CN(C)C(=O)c1cccc(-c2ccc3[nH]cc(C[C@H]4CCCN4C)c3c2)n1. The van der Waals surface area contributed by atoms with Gasteiger partial charge in [0.1, 0.15) is 5.69 Å². The summed E-state index contributed by atoms with van der Waals surface area (Å²) in [5.74, 6) is -0.0791. The lowest BCUT2D eigenvalue weighted by atomic mass is 10.0. The third-order valence-electron chi connectivity index (χ3n) is 5.56. The molecule has 0 bridgehead atoms. The number of nitrogens with zero attached hydrogens (tertiary/aromatic N) is 3. The molecular weight excluding hydrogens is 336 g/mol. The number of pyridine rings is 1. The number of H-pyrrole nitrogens is 1. The number of rotatable bonds is 4. The molecule has 1 amide bonds. The zero-order valence-corrected chi connectivity index (χ0v) is 16.2. The van der Waals surface area contributed by atoms with Crippen molar-refractivity contribution >= 4 is 16.8 Å². The van der Waals surface area contributed by atoms with Crippen LogP contribution in [0.2, 0.25) is 0 Å². The molecule has 3 aromatic rings. The number of hydrogen-bond donors (Lipinski definition) is 1. The van der Waals surface area contributed by atoms with Crippen LogP contribution in [0.25, 0.3) is 22.2 Å². The van der Waals surface area contributed by atoms with Gasteiger partial charge in [-0.1, -0.05) is 12.1 Å². The van der Waals surface area contributed by atoms with Crippen LogP contribution in [-0.2, 0) is 6.42 Å². The lowest BCUT2D eigenvalue weighted by Gasteiger charge is -2.18. The predicted molar refractivity (Wildman–Crippen MR) is 109 cm³/mol. The van der Waals surface area contributed by atoms with Crippen LogP contribution in [0.4, 0.5) is 0 Å². The highest BCUT2D eigenvalue weighted by atomic mass is 16.2. The highest BCUT2D eigenvalue weighted by Gasteiger charge is 2.22. The summed E-state index contributed by atoms with van der Waals surface area (Å²) >= 11 is 0. The highest BCUT2D eigenvalue weighted by molar-refractivity contribution is 5.93. The molecule has 1 fully saturated rings. The van der Waals surface area contributed by atoms with Crippen molar-refractivity contribution in [2.24, 2.45) is 0 Å².